The van der Waals surface area contributed by atoms with Crippen LogP contribution in [0.2, 0.25) is 10.0 Å². The van der Waals surface area contributed by atoms with Gasteiger partial charge >= 0.3 is 0 Å². The van der Waals surface area contributed by atoms with Crippen LogP contribution in [0.15, 0.2) is 30.4 Å². The second-order valence-electron chi connectivity index (χ2n) is 5.13. The molecule has 1 aromatic rings. The SMILES string of the molecule is C=C(C)C[C@@H](c1ccc(Cl)cc1Cl)N1CCNCC1. The summed E-state index contributed by atoms with van der Waals surface area (Å²) in [4.78, 5) is 2.47. The Morgan fingerprint density at radius 3 is 2.63 bits per heavy atom. The average Bonchev–Trinajstić information content (AvgIpc) is 2.37. The van der Waals surface area contributed by atoms with Gasteiger partial charge in [-0.2, -0.15) is 0 Å². The zero-order valence-corrected chi connectivity index (χ0v) is 12.8. The molecule has 0 saturated carbocycles. The van der Waals surface area contributed by atoms with Crippen molar-refractivity contribution < 1.29 is 0 Å². The molecule has 4 heteroatoms. The van der Waals surface area contributed by atoms with E-state index in [1.807, 2.05) is 18.2 Å². The van der Waals surface area contributed by atoms with Gasteiger partial charge in [-0.25, -0.2) is 0 Å². The molecule has 1 atom stereocenters. The number of hydrogen-bond donors (Lipinski definition) is 1. The standard InChI is InChI=1S/C15H20Cl2N2/c1-11(2)9-15(19-7-5-18-6-8-19)13-4-3-12(16)10-14(13)17/h3-4,10,15,18H,1,5-9H2,2H3/t15-/m0/s1. The number of piperazine rings is 1. The van der Waals surface area contributed by atoms with Gasteiger partial charge in [0.05, 0.1) is 0 Å². The lowest BCUT2D eigenvalue weighted by Crippen LogP contribution is -2.45. The largest absolute Gasteiger partial charge is 0.314 e. The van der Waals surface area contributed by atoms with E-state index in [0.29, 0.717) is 11.1 Å². The Hall–Kier alpha value is -0.540. The summed E-state index contributed by atoms with van der Waals surface area (Å²) in [6, 6.07) is 6.08. The second kappa shape index (κ2) is 6.76. The number of nitrogens with zero attached hydrogens (tertiary/aromatic N) is 1. The summed E-state index contributed by atoms with van der Waals surface area (Å²) in [5, 5.41) is 4.81. The first-order valence-electron chi connectivity index (χ1n) is 6.62. The average molecular weight is 299 g/mol. The molecule has 1 aromatic carbocycles. The van der Waals surface area contributed by atoms with Gasteiger partial charge in [0, 0.05) is 42.3 Å². The minimum atomic E-state index is 0.296. The van der Waals surface area contributed by atoms with Crippen molar-refractivity contribution in [3.8, 4) is 0 Å². The number of nitrogens with one attached hydrogen (secondary N) is 1. The van der Waals surface area contributed by atoms with Crippen molar-refractivity contribution in [2.24, 2.45) is 0 Å². The number of hydrogen-bond acceptors (Lipinski definition) is 2. The highest BCUT2D eigenvalue weighted by molar-refractivity contribution is 6.35. The van der Waals surface area contributed by atoms with Crippen molar-refractivity contribution in [1.82, 2.24) is 10.2 Å². The topological polar surface area (TPSA) is 15.3 Å². The van der Waals surface area contributed by atoms with Crippen molar-refractivity contribution in [2.45, 2.75) is 19.4 Å². The molecule has 0 aromatic heterocycles. The summed E-state index contributed by atoms with van der Waals surface area (Å²) >= 11 is 12.4. The molecule has 0 bridgehead atoms. The van der Waals surface area contributed by atoms with E-state index in [2.05, 4.69) is 23.7 Å². The van der Waals surface area contributed by atoms with Crippen molar-refractivity contribution in [3.05, 3.63) is 46.0 Å². The zero-order valence-electron chi connectivity index (χ0n) is 11.3. The van der Waals surface area contributed by atoms with Crippen LogP contribution in [0.4, 0.5) is 0 Å². The Morgan fingerprint density at radius 2 is 2.05 bits per heavy atom. The minimum absolute atomic E-state index is 0.296. The minimum Gasteiger partial charge on any atom is -0.314 e. The number of benzene rings is 1. The first kappa shape index (κ1) is 14.9. The molecule has 0 aliphatic carbocycles. The Morgan fingerprint density at radius 1 is 1.37 bits per heavy atom. The fraction of sp³-hybridized carbons (Fsp3) is 0.467. The van der Waals surface area contributed by atoms with Crippen molar-refractivity contribution >= 4 is 23.2 Å². The molecule has 0 spiro atoms. The lowest BCUT2D eigenvalue weighted by Gasteiger charge is -2.36. The molecule has 0 amide bonds. The molecule has 1 heterocycles. The second-order valence-corrected chi connectivity index (χ2v) is 5.97. The molecule has 1 saturated heterocycles. The summed E-state index contributed by atoms with van der Waals surface area (Å²) in [7, 11) is 0. The van der Waals surface area contributed by atoms with Gasteiger partial charge < -0.3 is 5.32 Å². The molecule has 1 fully saturated rings. The van der Waals surface area contributed by atoms with E-state index in [9.17, 15) is 0 Å². The Bertz CT molecular complexity index is 453. The molecule has 2 nitrogen and oxygen atoms in total. The van der Waals surface area contributed by atoms with E-state index in [0.717, 1.165) is 43.2 Å². The summed E-state index contributed by atoms with van der Waals surface area (Å²) in [5.41, 5.74) is 2.32. The molecule has 104 valence electrons. The molecule has 1 N–H and O–H groups in total. The van der Waals surface area contributed by atoms with E-state index in [4.69, 9.17) is 23.2 Å². The van der Waals surface area contributed by atoms with Crippen LogP contribution < -0.4 is 5.32 Å². The quantitative estimate of drug-likeness (QED) is 0.848. The van der Waals surface area contributed by atoms with Crippen LogP contribution in [0.3, 0.4) is 0 Å². The third kappa shape index (κ3) is 3.96. The van der Waals surface area contributed by atoms with Crippen molar-refractivity contribution in [3.63, 3.8) is 0 Å². The predicted octanol–water partition coefficient (Wildman–Crippen LogP) is 3.91. The summed E-state index contributed by atoms with van der Waals surface area (Å²) in [5.74, 6) is 0. The molecule has 2 rings (SSSR count). The third-order valence-corrected chi connectivity index (χ3v) is 4.02. The highest BCUT2D eigenvalue weighted by atomic mass is 35.5. The van der Waals surface area contributed by atoms with Crippen molar-refractivity contribution in [1.29, 1.82) is 0 Å². The van der Waals surface area contributed by atoms with Crippen LogP contribution in [0.25, 0.3) is 0 Å². The van der Waals surface area contributed by atoms with Crippen LogP contribution >= 0.6 is 23.2 Å². The normalized spacial score (nSPS) is 18.3. The van der Waals surface area contributed by atoms with Crippen LogP contribution in [-0.2, 0) is 0 Å². The van der Waals surface area contributed by atoms with Gasteiger partial charge in [0.2, 0.25) is 0 Å². The first-order valence-corrected chi connectivity index (χ1v) is 7.37. The summed E-state index contributed by atoms with van der Waals surface area (Å²) in [6.45, 7) is 10.2. The molecular formula is C15H20Cl2N2. The highest BCUT2D eigenvalue weighted by Crippen LogP contribution is 2.33. The van der Waals surface area contributed by atoms with Crippen molar-refractivity contribution in [2.75, 3.05) is 26.2 Å². The fourth-order valence-corrected chi connectivity index (χ4v) is 3.07. The molecule has 0 unspecified atom stereocenters. The molecular weight excluding hydrogens is 279 g/mol. The van der Waals surface area contributed by atoms with E-state index >= 15 is 0 Å². The highest BCUT2D eigenvalue weighted by Gasteiger charge is 2.24. The van der Waals surface area contributed by atoms with E-state index < -0.39 is 0 Å². The van der Waals surface area contributed by atoms with E-state index in [1.165, 1.54) is 5.57 Å². The van der Waals surface area contributed by atoms with Gasteiger partial charge in [0.1, 0.15) is 0 Å². The van der Waals surface area contributed by atoms with Crippen LogP contribution in [-0.4, -0.2) is 31.1 Å². The number of halogens is 2. The zero-order chi connectivity index (χ0) is 13.8. The van der Waals surface area contributed by atoms with Crippen LogP contribution in [0.1, 0.15) is 24.9 Å². The Balaban J connectivity index is 2.27. The first-order chi connectivity index (χ1) is 9.08. The molecule has 1 aliphatic heterocycles. The van der Waals surface area contributed by atoms with Crippen LogP contribution in [0.5, 0.6) is 0 Å². The monoisotopic (exact) mass is 298 g/mol. The fourth-order valence-electron chi connectivity index (χ4n) is 2.53. The Kier molecular flexibility index (Phi) is 5.28. The smallest absolute Gasteiger partial charge is 0.0468 e. The maximum Gasteiger partial charge on any atom is 0.0468 e. The molecule has 0 radical (unpaired) electrons. The lowest BCUT2D eigenvalue weighted by atomic mass is 9.98. The number of rotatable bonds is 4. The molecule has 19 heavy (non-hydrogen) atoms. The maximum absolute atomic E-state index is 6.37. The lowest BCUT2D eigenvalue weighted by molar-refractivity contribution is 0.172. The summed E-state index contributed by atoms with van der Waals surface area (Å²) < 4.78 is 0. The Labute approximate surface area is 125 Å². The van der Waals surface area contributed by atoms with Gasteiger partial charge in [-0.15, -0.1) is 6.58 Å². The van der Waals surface area contributed by atoms with E-state index in [-0.39, 0.29) is 0 Å². The maximum atomic E-state index is 6.37. The van der Waals surface area contributed by atoms with Gasteiger partial charge in [-0.1, -0.05) is 34.8 Å². The van der Waals surface area contributed by atoms with Gasteiger partial charge in [0.15, 0.2) is 0 Å². The van der Waals surface area contributed by atoms with E-state index in [1.54, 1.807) is 0 Å². The third-order valence-electron chi connectivity index (χ3n) is 3.46. The van der Waals surface area contributed by atoms with Gasteiger partial charge in [-0.05, 0) is 31.0 Å². The van der Waals surface area contributed by atoms with Gasteiger partial charge in [0.25, 0.3) is 0 Å². The molecule has 1 aliphatic rings. The predicted molar refractivity (Wildman–Crippen MR) is 83.1 cm³/mol. The summed E-state index contributed by atoms with van der Waals surface area (Å²) in [6.07, 6.45) is 0.932. The van der Waals surface area contributed by atoms with Crippen LogP contribution in [0, 0.1) is 0 Å². The van der Waals surface area contributed by atoms with Gasteiger partial charge in [-0.3, -0.25) is 4.90 Å².